The van der Waals surface area contributed by atoms with Crippen LogP contribution < -0.4 is 16.4 Å². The molecule has 2 unspecified atom stereocenters. The third kappa shape index (κ3) is 8.82. The summed E-state index contributed by atoms with van der Waals surface area (Å²) < 4.78 is 12.9. The number of urea groups is 1. The van der Waals surface area contributed by atoms with E-state index in [9.17, 15) is 19.1 Å². The number of amides is 2. The molecule has 1 aliphatic rings. The van der Waals surface area contributed by atoms with Crippen molar-refractivity contribution in [1.29, 1.82) is 0 Å². The van der Waals surface area contributed by atoms with E-state index in [2.05, 4.69) is 15.5 Å². The predicted molar refractivity (Wildman–Crippen MR) is 116 cm³/mol. The van der Waals surface area contributed by atoms with Crippen molar-refractivity contribution in [2.24, 2.45) is 5.73 Å². The maximum Gasteiger partial charge on any atom is 0.451 e. The summed E-state index contributed by atoms with van der Waals surface area (Å²) in [4.78, 5) is 25.9. The predicted octanol–water partition coefficient (Wildman–Crippen LogP) is 1.23. The highest BCUT2D eigenvalue weighted by molar-refractivity contribution is 6.40. The first kappa shape index (κ1) is 25.1. The Hall–Kier alpha value is -2.21. The van der Waals surface area contributed by atoms with Crippen LogP contribution in [-0.2, 0) is 4.79 Å². The van der Waals surface area contributed by atoms with E-state index in [-0.39, 0.29) is 30.6 Å². The summed E-state index contributed by atoms with van der Waals surface area (Å²) in [6.45, 7) is 2.13. The molecule has 0 spiro atoms. The van der Waals surface area contributed by atoms with Gasteiger partial charge >= 0.3 is 19.1 Å². The highest BCUT2D eigenvalue weighted by atomic mass is 19.1. The van der Waals surface area contributed by atoms with Crippen molar-refractivity contribution in [3.05, 3.63) is 30.1 Å². The minimum Gasteiger partial charge on any atom is -0.480 e. The normalized spacial score (nSPS) is 18.4. The second-order valence-electron chi connectivity index (χ2n) is 8.18. The van der Waals surface area contributed by atoms with Gasteiger partial charge in [0.25, 0.3) is 0 Å². The molecule has 0 saturated carbocycles. The maximum atomic E-state index is 12.9. The largest absolute Gasteiger partial charge is 0.480 e. The number of halogens is 1. The Bertz CT molecular complexity index is 724. The first-order valence-corrected chi connectivity index (χ1v) is 10.6. The Kier molecular flexibility index (Phi) is 9.69. The van der Waals surface area contributed by atoms with E-state index in [1.807, 2.05) is 0 Å². The van der Waals surface area contributed by atoms with Crippen molar-refractivity contribution in [3.8, 4) is 0 Å². The van der Waals surface area contributed by atoms with E-state index in [1.165, 1.54) is 24.3 Å². The standard InChI is InChI=1S/C20H32BFN4O5/c22-15-4-6-16(7-5-15)24-19(29)25-17-8-13-26(14-17)12-3-10-20(23,18(27)28)9-1-2-11-21(30)31/h4-7,17,30-31H,1-3,8-14,23H2,(H,27,28)(H2,24,25,29). The first-order chi connectivity index (χ1) is 14.7. The van der Waals surface area contributed by atoms with Crippen LogP contribution in [0, 0.1) is 5.82 Å². The highest BCUT2D eigenvalue weighted by Crippen LogP contribution is 2.21. The SMILES string of the molecule is NC(CCCCB(O)O)(CCCN1CCC(NC(=O)Nc2ccc(F)cc2)C1)C(=O)O. The van der Waals surface area contributed by atoms with Crippen LogP contribution in [0.1, 0.15) is 38.5 Å². The molecule has 2 atom stereocenters. The zero-order valence-corrected chi connectivity index (χ0v) is 17.6. The molecule has 0 radical (unpaired) electrons. The number of unbranched alkanes of at least 4 members (excludes halogenated alkanes) is 1. The molecule has 172 valence electrons. The number of carbonyl (C=O) groups is 2. The molecular weight excluding hydrogens is 406 g/mol. The van der Waals surface area contributed by atoms with Crippen LogP contribution in [0.25, 0.3) is 0 Å². The number of rotatable bonds is 12. The van der Waals surface area contributed by atoms with Crippen molar-refractivity contribution in [2.75, 3.05) is 25.0 Å². The number of hydrogen-bond acceptors (Lipinski definition) is 6. The average molecular weight is 438 g/mol. The Morgan fingerprint density at radius 1 is 1.19 bits per heavy atom. The van der Waals surface area contributed by atoms with Gasteiger partial charge in [-0.2, -0.15) is 0 Å². The minimum absolute atomic E-state index is 0.0209. The number of anilines is 1. The van der Waals surface area contributed by atoms with Gasteiger partial charge < -0.3 is 36.4 Å². The van der Waals surface area contributed by atoms with E-state index in [0.29, 0.717) is 44.5 Å². The topological polar surface area (TPSA) is 148 Å². The zero-order valence-electron chi connectivity index (χ0n) is 17.6. The smallest absolute Gasteiger partial charge is 0.451 e. The molecule has 0 aromatic heterocycles. The quantitative estimate of drug-likeness (QED) is 0.212. The number of hydrogen-bond donors (Lipinski definition) is 6. The molecular formula is C20H32BFN4O5. The Labute approximate surface area is 181 Å². The molecule has 11 heteroatoms. The van der Waals surface area contributed by atoms with Gasteiger partial charge in [0.05, 0.1) is 0 Å². The number of nitrogens with zero attached hydrogens (tertiary/aromatic N) is 1. The molecule has 9 nitrogen and oxygen atoms in total. The third-order valence-electron chi connectivity index (χ3n) is 5.57. The van der Waals surface area contributed by atoms with E-state index < -0.39 is 18.6 Å². The van der Waals surface area contributed by atoms with Crippen LogP contribution in [0.15, 0.2) is 24.3 Å². The summed E-state index contributed by atoms with van der Waals surface area (Å²) in [6.07, 6.45) is 3.22. The van der Waals surface area contributed by atoms with Gasteiger partial charge in [0, 0.05) is 24.8 Å². The fraction of sp³-hybridized carbons (Fsp3) is 0.600. The molecule has 1 aromatic carbocycles. The van der Waals surface area contributed by atoms with Crippen molar-refractivity contribution < 1.29 is 29.1 Å². The van der Waals surface area contributed by atoms with Crippen molar-refractivity contribution in [1.82, 2.24) is 10.2 Å². The lowest BCUT2D eigenvalue weighted by Gasteiger charge is -2.26. The summed E-state index contributed by atoms with van der Waals surface area (Å²) >= 11 is 0. The van der Waals surface area contributed by atoms with E-state index in [1.54, 1.807) is 0 Å². The second-order valence-corrected chi connectivity index (χ2v) is 8.18. The number of aliphatic carboxylic acids is 1. The summed E-state index contributed by atoms with van der Waals surface area (Å²) in [5.41, 5.74) is 5.27. The van der Waals surface area contributed by atoms with Gasteiger partial charge in [-0.3, -0.25) is 4.79 Å². The number of nitrogens with one attached hydrogen (secondary N) is 2. The summed E-state index contributed by atoms with van der Waals surface area (Å²) in [5.74, 6) is -1.42. The van der Waals surface area contributed by atoms with E-state index in [4.69, 9.17) is 15.8 Å². The van der Waals surface area contributed by atoms with Crippen molar-refractivity contribution in [2.45, 2.75) is 56.4 Å². The maximum absolute atomic E-state index is 12.9. The summed E-state index contributed by atoms with van der Waals surface area (Å²) in [6, 6.07) is 5.16. The lowest BCUT2D eigenvalue weighted by Crippen LogP contribution is -2.48. The number of carboxylic acid groups (broad SMARTS) is 1. The molecule has 0 bridgehead atoms. The monoisotopic (exact) mass is 438 g/mol. The number of benzene rings is 1. The minimum atomic E-state index is -1.38. The van der Waals surface area contributed by atoms with E-state index in [0.717, 1.165) is 13.0 Å². The van der Waals surface area contributed by atoms with Crippen LogP contribution >= 0.6 is 0 Å². The van der Waals surface area contributed by atoms with Gasteiger partial charge in [0.2, 0.25) is 0 Å². The van der Waals surface area contributed by atoms with Crippen molar-refractivity contribution in [3.63, 3.8) is 0 Å². The zero-order chi connectivity index (χ0) is 22.9. The lowest BCUT2D eigenvalue weighted by molar-refractivity contribution is -0.144. The summed E-state index contributed by atoms with van der Waals surface area (Å²) in [5, 5.41) is 32.8. The molecule has 1 heterocycles. The number of carbonyl (C=O) groups excluding carboxylic acids is 1. The fourth-order valence-corrected chi connectivity index (χ4v) is 3.76. The number of likely N-dealkylation sites (tertiary alicyclic amines) is 1. The average Bonchev–Trinajstić information content (AvgIpc) is 3.14. The molecule has 2 rings (SSSR count). The van der Waals surface area contributed by atoms with Crippen LogP contribution in [0.5, 0.6) is 0 Å². The second kappa shape index (κ2) is 12.0. The lowest BCUT2D eigenvalue weighted by atomic mass is 9.81. The Balaban J connectivity index is 1.68. The van der Waals surface area contributed by atoms with Crippen molar-refractivity contribution >= 4 is 24.8 Å². The summed E-state index contributed by atoms with van der Waals surface area (Å²) in [7, 11) is -1.38. The molecule has 1 fully saturated rings. The molecule has 31 heavy (non-hydrogen) atoms. The van der Waals surface area contributed by atoms with Crippen LogP contribution in [0.2, 0.25) is 6.32 Å². The van der Waals surface area contributed by atoms with E-state index >= 15 is 0 Å². The molecule has 1 aliphatic heterocycles. The van der Waals surface area contributed by atoms with Gasteiger partial charge in [-0.15, -0.1) is 0 Å². The van der Waals surface area contributed by atoms with Crippen LogP contribution in [0.3, 0.4) is 0 Å². The Morgan fingerprint density at radius 3 is 2.52 bits per heavy atom. The van der Waals surface area contributed by atoms with Crippen LogP contribution in [0.4, 0.5) is 14.9 Å². The first-order valence-electron chi connectivity index (χ1n) is 10.6. The third-order valence-corrected chi connectivity index (χ3v) is 5.57. The highest BCUT2D eigenvalue weighted by Gasteiger charge is 2.33. The number of nitrogens with two attached hydrogens (primary N) is 1. The van der Waals surface area contributed by atoms with Gasteiger partial charge in [0.15, 0.2) is 0 Å². The fourth-order valence-electron chi connectivity index (χ4n) is 3.76. The van der Waals surface area contributed by atoms with Gasteiger partial charge in [0.1, 0.15) is 11.4 Å². The van der Waals surface area contributed by atoms with Gasteiger partial charge in [-0.1, -0.05) is 12.8 Å². The molecule has 2 amide bonds. The Morgan fingerprint density at radius 2 is 1.87 bits per heavy atom. The molecule has 1 aromatic rings. The van der Waals surface area contributed by atoms with Crippen LogP contribution in [-0.4, -0.2) is 70.4 Å². The molecule has 0 aliphatic carbocycles. The van der Waals surface area contributed by atoms with Gasteiger partial charge in [-0.25, -0.2) is 9.18 Å². The van der Waals surface area contributed by atoms with Gasteiger partial charge in [-0.05, 0) is 62.8 Å². The molecule has 7 N–H and O–H groups in total. The molecule has 1 saturated heterocycles. The number of carboxylic acids is 1.